The van der Waals surface area contributed by atoms with Crippen molar-refractivity contribution in [2.45, 2.75) is 23.8 Å². The Balaban J connectivity index is 2.18. The van der Waals surface area contributed by atoms with Gasteiger partial charge in [-0.1, -0.05) is 12.1 Å². The molecule has 0 aromatic heterocycles. The zero-order valence-corrected chi connectivity index (χ0v) is 10.7. The molecule has 0 radical (unpaired) electrons. The van der Waals surface area contributed by atoms with Crippen LogP contribution in [-0.2, 0) is 0 Å². The zero-order valence-electron chi connectivity index (χ0n) is 9.93. The number of hydrogen-bond donors (Lipinski definition) is 1. The van der Waals surface area contributed by atoms with Gasteiger partial charge in [0.2, 0.25) is 0 Å². The predicted molar refractivity (Wildman–Crippen MR) is 69.4 cm³/mol. The molecule has 0 aliphatic carbocycles. The van der Waals surface area contributed by atoms with Crippen molar-refractivity contribution in [1.82, 2.24) is 4.90 Å². The molecule has 2 rings (SSSR count). The van der Waals surface area contributed by atoms with Crippen LogP contribution in [0, 0.1) is 0 Å². The lowest BCUT2D eigenvalue weighted by atomic mass is 10.1. The monoisotopic (exact) mass is 251 g/mol. The normalized spacial score (nSPS) is 20.4. The Hall–Kier alpha value is -1.00. The van der Waals surface area contributed by atoms with Crippen LogP contribution >= 0.6 is 11.8 Å². The number of rotatable bonds is 2. The summed E-state index contributed by atoms with van der Waals surface area (Å²) >= 11 is 1.58. The standard InChI is InChI=1S/C13H17NO2S/c1-17-12-7-3-2-6-11(12)13(16)14-8-4-5-10(15)9-14/h2-3,6-7,10,15H,4-5,8-9H2,1H3/t10-/m1/s1. The van der Waals surface area contributed by atoms with Crippen molar-refractivity contribution in [3.05, 3.63) is 29.8 Å². The fourth-order valence-corrected chi connectivity index (χ4v) is 2.72. The largest absolute Gasteiger partial charge is 0.391 e. The molecule has 0 unspecified atom stereocenters. The quantitative estimate of drug-likeness (QED) is 0.817. The molecule has 0 bridgehead atoms. The Morgan fingerprint density at radius 2 is 2.24 bits per heavy atom. The number of nitrogens with zero attached hydrogens (tertiary/aromatic N) is 1. The minimum atomic E-state index is -0.367. The first-order valence-corrected chi connectivity index (χ1v) is 7.05. The fraction of sp³-hybridized carbons (Fsp3) is 0.462. The number of thioether (sulfide) groups is 1. The maximum atomic E-state index is 12.3. The molecule has 1 amide bonds. The zero-order chi connectivity index (χ0) is 12.3. The van der Waals surface area contributed by atoms with Crippen molar-refractivity contribution in [2.24, 2.45) is 0 Å². The summed E-state index contributed by atoms with van der Waals surface area (Å²) in [6.45, 7) is 1.21. The van der Waals surface area contributed by atoms with Crippen molar-refractivity contribution in [3.63, 3.8) is 0 Å². The molecule has 3 nitrogen and oxygen atoms in total. The predicted octanol–water partition coefficient (Wildman–Crippen LogP) is 2.01. The number of piperidine rings is 1. The SMILES string of the molecule is CSc1ccccc1C(=O)N1CCC[C@@H](O)C1. The highest BCUT2D eigenvalue weighted by Gasteiger charge is 2.24. The number of benzene rings is 1. The number of likely N-dealkylation sites (tertiary alicyclic amines) is 1. The van der Waals surface area contributed by atoms with Gasteiger partial charge in [0.05, 0.1) is 11.7 Å². The van der Waals surface area contributed by atoms with Crippen LogP contribution in [0.25, 0.3) is 0 Å². The van der Waals surface area contributed by atoms with E-state index < -0.39 is 0 Å². The molecule has 1 N–H and O–H groups in total. The number of hydrogen-bond acceptors (Lipinski definition) is 3. The highest BCUT2D eigenvalue weighted by Crippen LogP contribution is 2.22. The average Bonchev–Trinajstić information content (AvgIpc) is 2.38. The minimum absolute atomic E-state index is 0.0358. The van der Waals surface area contributed by atoms with Crippen LogP contribution in [0.5, 0.6) is 0 Å². The molecule has 1 aliphatic rings. The van der Waals surface area contributed by atoms with Gasteiger partial charge in [-0.3, -0.25) is 4.79 Å². The third kappa shape index (κ3) is 2.82. The molecule has 1 aromatic carbocycles. The van der Waals surface area contributed by atoms with Crippen LogP contribution in [0.3, 0.4) is 0 Å². The van der Waals surface area contributed by atoms with Gasteiger partial charge in [0.1, 0.15) is 0 Å². The van der Waals surface area contributed by atoms with E-state index in [-0.39, 0.29) is 12.0 Å². The third-order valence-electron chi connectivity index (χ3n) is 3.02. The number of carbonyl (C=O) groups excluding carboxylic acids is 1. The van der Waals surface area contributed by atoms with E-state index in [1.807, 2.05) is 30.5 Å². The second-order valence-corrected chi connectivity index (χ2v) is 5.10. The Labute approximate surface area is 106 Å². The lowest BCUT2D eigenvalue weighted by molar-refractivity contribution is 0.0471. The van der Waals surface area contributed by atoms with Crippen molar-refractivity contribution in [3.8, 4) is 0 Å². The van der Waals surface area contributed by atoms with Crippen LogP contribution in [0.15, 0.2) is 29.2 Å². The van der Waals surface area contributed by atoms with Crippen molar-refractivity contribution in [2.75, 3.05) is 19.3 Å². The Bertz CT molecular complexity index is 408. The van der Waals surface area contributed by atoms with E-state index in [1.54, 1.807) is 16.7 Å². The summed E-state index contributed by atoms with van der Waals surface area (Å²) in [6, 6.07) is 7.63. The van der Waals surface area contributed by atoms with E-state index in [0.29, 0.717) is 6.54 Å². The fourth-order valence-electron chi connectivity index (χ4n) is 2.13. The maximum Gasteiger partial charge on any atom is 0.255 e. The molecular weight excluding hydrogens is 234 g/mol. The summed E-state index contributed by atoms with van der Waals surface area (Å²) in [5.74, 6) is 0.0358. The van der Waals surface area contributed by atoms with Crippen LogP contribution in [0.1, 0.15) is 23.2 Å². The van der Waals surface area contributed by atoms with Gasteiger partial charge in [-0.15, -0.1) is 11.8 Å². The van der Waals surface area contributed by atoms with E-state index in [2.05, 4.69) is 0 Å². The van der Waals surface area contributed by atoms with Crippen molar-refractivity contribution in [1.29, 1.82) is 0 Å². The molecule has 1 atom stereocenters. The number of aliphatic hydroxyl groups excluding tert-OH is 1. The maximum absolute atomic E-state index is 12.3. The summed E-state index contributed by atoms with van der Waals surface area (Å²) in [6.07, 6.45) is 3.29. The molecule has 0 saturated carbocycles. The lowest BCUT2D eigenvalue weighted by Gasteiger charge is -2.30. The Morgan fingerprint density at radius 1 is 1.47 bits per heavy atom. The molecule has 0 spiro atoms. The van der Waals surface area contributed by atoms with Gasteiger partial charge in [-0.25, -0.2) is 0 Å². The van der Waals surface area contributed by atoms with E-state index in [1.165, 1.54) is 0 Å². The number of β-amino-alcohol motifs (C(OH)–C–C–N with tert-alkyl or cyclic N) is 1. The molecular formula is C13H17NO2S. The molecule has 1 heterocycles. The van der Waals surface area contributed by atoms with Gasteiger partial charge in [0, 0.05) is 18.0 Å². The van der Waals surface area contributed by atoms with Crippen LogP contribution in [-0.4, -0.2) is 41.4 Å². The molecule has 1 saturated heterocycles. The van der Waals surface area contributed by atoms with Gasteiger partial charge >= 0.3 is 0 Å². The topological polar surface area (TPSA) is 40.5 Å². The van der Waals surface area contributed by atoms with Crippen LogP contribution in [0.4, 0.5) is 0 Å². The highest BCUT2D eigenvalue weighted by molar-refractivity contribution is 7.98. The molecule has 4 heteroatoms. The molecule has 1 aromatic rings. The summed E-state index contributed by atoms with van der Waals surface area (Å²) in [5.41, 5.74) is 0.745. The van der Waals surface area contributed by atoms with Gasteiger partial charge in [-0.05, 0) is 31.2 Å². The van der Waals surface area contributed by atoms with Crippen molar-refractivity contribution >= 4 is 17.7 Å². The lowest BCUT2D eigenvalue weighted by Crippen LogP contribution is -2.42. The number of aliphatic hydroxyl groups is 1. The smallest absolute Gasteiger partial charge is 0.255 e. The summed E-state index contributed by atoms with van der Waals surface area (Å²) in [4.78, 5) is 15.1. The van der Waals surface area contributed by atoms with Gasteiger partial charge < -0.3 is 10.0 Å². The number of carbonyl (C=O) groups is 1. The second kappa shape index (κ2) is 5.56. The van der Waals surface area contributed by atoms with Crippen LogP contribution < -0.4 is 0 Å². The number of amides is 1. The first-order chi connectivity index (χ1) is 8.22. The van der Waals surface area contributed by atoms with E-state index in [0.717, 1.165) is 29.8 Å². The molecule has 92 valence electrons. The summed E-state index contributed by atoms with van der Waals surface area (Å²) in [5, 5.41) is 9.60. The highest BCUT2D eigenvalue weighted by atomic mass is 32.2. The molecule has 17 heavy (non-hydrogen) atoms. The van der Waals surface area contributed by atoms with E-state index >= 15 is 0 Å². The molecule has 1 fully saturated rings. The summed E-state index contributed by atoms with van der Waals surface area (Å²) < 4.78 is 0. The first kappa shape index (κ1) is 12.5. The van der Waals surface area contributed by atoms with E-state index in [4.69, 9.17) is 0 Å². The van der Waals surface area contributed by atoms with E-state index in [9.17, 15) is 9.90 Å². The third-order valence-corrected chi connectivity index (χ3v) is 3.82. The molecule has 1 aliphatic heterocycles. The first-order valence-electron chi connectivity index (χ1n) is 5.82. The van der Waals surface area contributed by atoms with Crippen molar-refractivity contribution < 1.29 is 9.90 Å². The van der Waals surface area contributed by atoms with Gasteiger partial charge in [0.25, 0.3) is 5.91 Å². The second-order valence-electron chi connectivity index (χ2n) is 4.25. The van der Waals surface area contributed by atoms with Crippen LogP contribution in [0.2, 0.25) is 0 Å². The van der Waals surface area contributed by atoms with Gasteiger partial charge in [0.15, 0.2) is 0 Å². The minimum Gasteiger partial charge on any atom is -0.391 e. The Kier molecular flexibility index (Phi) is 4.07. The summed E-state index contributed by atoms with van der Waals surface area (Å²) in [7, 11) is 0. The average molecular weight is 251 g/mol. The Morgan fingerprint density at radius 3 is 2.94 bits per heavy atom. The van der Waals surface area contributed by atoms with Gasteiger partial charge in [-0.2, -0.15) is 0 Å².